The van der Waals surface area contributed by atoms with E-state index in [0.29, 0.717) is 41.3 Å². The Bertz CT molecular complexity index is 1440. The van der Waals surface area contributed by atoms with Gasteiger partial charge in [0.1, 0.15) is 11.2 Å². The lowest BCUT2D eigenvalue weighted by Crippen LogP contribution is -2.40. The van der Waals surface area contributed by atoms with Crippen LogP contribution in [0, 0.1) is 0 Å². The van der Waals surface area contributed by atoms with Crippen LogP contribution in [0.3, 0.4) is 0 Å². The molecule has 1 aliphatic heterocycles. The molecule has 0 aliphatic carbocycles. The fraction of sp³-hybridized carbons (Fsp3) is 0.136. The molecule has 0 saturated carbocycles. The lowest BCUT2D eigenvalue weighted by Gasteiger charge is -2.32. The molecule has 5 heterocycles. The first-order valence-electron chi connectivity index (χ1n) is 9.94. The zero-order valence-electron chi connectivity index (χ0n) is 16.5. The van der Waals surface area contributed by atoms with Crippen molar-refractivity contribution in [2.24, 2.45) is 0 Å². The van der Waals surface area contributed by atoms with Crippen LogP contribution >= 0.6 is 15.9 Å². The van der Waals surface area contributed by atoms with E-state index in [4.69, 9.17) is 8.83 Å². The summed E-state index contributed by atoms with van der Waals surface area (Å²) in [5.41, 5.74) is 3.55. The van der Waals surface area contributed by atoms with Crippen LogP contribution in [0.1, 0.15) is 33.9 Å². The second kappa shape index (κ2) is 7.41. The molecule has 1 atom stereocenters. The fourth-order valence-corrected chi connectivity index (χ4v) is 4.24. The SMILES string of the molecule is O=C(c1cnc(-c2ccccn2)o1)N1CCc2[nH]cnc2[C@H]1c1nc2ccc(Br)cc2o1. The highest BCUT2D eigenvalue weighted by Gasteiger charge is 2.39. The Hall–Kier alpha value is -3.79. The third-order valence-electron chi connectivity index (χ3n) is 5.39. The van der Waals surface area contributed by atoms with Gasteiger partial charge in [0.05, 0.1) is 18.2 Å². The summed E-state index contributed by atoms with van der Waals surface area (Å²) in [6.07, 6.45) is 5.32. The Morgan fingerprint density at radius 2 is 2.09 bits per heavy atom. The van der Waals surface area contributed by atoms with Crippen molar-refractivity contribution >= 4 is 32.9 Å². The van der Waals surface area contributed by atoms with Crippen LogP contribution in [0.25, 0.3) is 22.7 Å². The van der Waals surface area contributed by atoms with E-state index >= 15 is 0 Å². The second-order valence-corrected chi connectivity index (χ2v) is 8.24. The normalized spacial score (nSPS) is 15.8. The predicted molar refractivity (Wildman–Crippen MR) is 117 cm³/mol. The van der Waals surface area contributed by atoms with Crippen molar-refractivity contribution in [1.29, 1.82) is 0 Å². The van der Waals surface area contributed by atoms with Gasteiger partial charge >= 0.3 is 0 Å². The lowest BCUT2D eigenvalue weighted by atomic mass is 10.0. The Balaban J connectivity index is 1.40. The molecule has 158 valence electrons. The highest BCUT2D eigenvalue weighted by atomic mass is 79.9. The number of fused-ring (bicyclic) bond motifs is 2. The maximum atomic E-state index is 13.5. The first-order chi connectivity index (χ1) is 15.7. The smallest absolute Gasteiger partial charge is 0.292 e. The van der Waals surface area contributed by atoms with Crippen molar-refractivity contribution in [1.82, 2.24) is 29.8 Å². The van der Waals surface area contributed by atoms with Crippen LogP contribution in [-0.2, 0) is 6.42 Å². The largest absolute Gasteiger partial charge is 0.438 e. The monoisotopic (exact) mass is 490 g/mol. The van der Waals surface area contributed by atoms with E-state index in [-0.39, 0.29) is 17.6 Å². The maximum Gasteiger partial charge on any atom is 0.292 e. The minimum absolute atomic E-state index is 0.119. The van der Waals surface area contributed by atoms with Crippen molar-refractivity contribution in [3.63, 3.8) is 0 Å². The van der Waals surface area contributed by atoms with E-state index < -0.39 is 6.04 Å². The number of halogens is 1. The molecule has 32 heavy (non-hydrogen) atoms. The summed E-state index contributed by atoms with van der Waals surface area (Å²) >= 11 is 3.45. The van der Waals surface area contributed by atoms with Crippen LogP contribution < -0.4 is 0 Å². The van der Waals surface area contributed by atoms with Gasteiger partial charge in [-0.3, -0.25) is 9.78 Å². The predicted octanol–water partition coefficient (Wildman–Crippen LogP) is 4.15. The number of imidazole rings is 1. The van der Waals surface area contributed by atoms with Crippen LogP contribution in [0.5, 0.6) is 0 Å². The Morgan fingerprint density at radius 1 is 1.16 bits per heavy atom. The van der Waals surface area contributed by atoms with E-state index in [1.165, 1.54) is 6.20 Å². The third-order valence-corrected chi connectivity index (χ3v) is 5.88. The fourth-order valence-electron chi connectivity index (χ4n) is 3.90. The second-order valence-electron chi connectivity index (χ2n) is 7.33. The molecule has 0 spiro atoms. The van der Waals surface area contributed by atoms with Gasteiger partial charge in [0.25, 0.3) is 5.91 Å². The number of aromatic nitrogens is 5. The molecule has 0 bridgehead atoms. The summed E-state index contributed by atoms with van der Waals surface area (Å²) in [5, 5.41) is 0. The highest BCUT2D eigenvalue weighted by molar-refractivity contribution is 9.10. The van der Waals surface area contributed by atoms with Gasteiger partial charge in [0.2, 0.25) is 17.5 Å². The minimum atomic E-state index is -0.591. The quantitative estimate of drug-likeness (QED) is 0.403. The number of nitrogens with zero attached hydrogens (tertiary/aromatic N) is 5. The van der Waals surface area contributed by atoms with Gasteiger partial charge < -0.3 is 18.7 Å². The molecule has 0 saturated heterocycles. The van der Waals surface area contributed by atoms with Crippen LogP contribution in [0.2, 0.25) is 0 Å². The lowest BCUT2D eigenvalue weighted by molar-refractivity contribution is 0.0636. The van der Waals surface area contributed by atoms with E-state index in [2.05, 4.69) is 40.8 Å². The molecule has 4 aromatic heterocycles. The van der Waals surface area contributed by atoms with Crippen LogP contribution in [0.15, 0.2) is 68.4 Å². The Morgan fingerprint density at radius 3 is 2.97 bits per heavy atom. The zero-order chi connectivity index (χ0) is 21.7. The average molecular weight is 491 g/mol. The minimum Gasteiger partial charge on any atom is -0.438 e. The van der Waals surface area contributed by atoms with Gasteiger partial charge in [-0.25, -0.2) is 15.0 Å². The van der Waals surface area contributed by atoms with Gasteiger partial charge in [-0.2, -0.15) is 0 Å². The highest BCUT2D eigenvalue weighted by Crippen LogP contribution is 2.36. The van der Waals surface area contributed by atoms with Crippen LogP contribution in [0.4, 0.5) is 0 Å². The van der Waals surface area contributed by atoms with E-state index in [9.17, 15) is 4.79 Å². The topological polar surface area (TPSA) is 114 Å². The molecule has 0 unspecified atom stereocenters. The molecular formula is C22H15BrN6O3. The molecule has 1 N–H and O–H groups in total. The number of carbonyl (C=O) groups is 1. The third kappa shape index (κ3) is 3.11. The number of carbonyl (C=O) groups excluding carboxylic acids is 1. The number of hydrogen-bond acceptors (Lipinski definition) is 7. The van der Waals surface area contributed by atoms with Gasteiger partial charge in [0, 0.05) is 29.3 Å². The van der Waals surface area contributed by atoms with Crippen LogP contribution in [-0.4, -0.2) is 42.3 Å². The van der Waals surface area contributed by atoms with Gasteiger partial charge in [-0.1, -0.05) is 22.0 Å². The number of amides is 1. The summed E-state index contributed by atoms with van der Waals surface area (Å²) in [6, 6.07) is 10.4. The standard InChI is InChI=1S/C22H15BrN6O3/c23-12-4-5-13-16(9-12)31-21(28-13)19-18-14(26-11-27-18)6-8-29(19)22(30)17-10-25-20(32-17)15-3-1-2-7-24-15/h1-5,7,9-11,19H,6,8H2,(H,26,27)/t19-/m0/s1. The number of rotatable bonds is 3. The molecule has 9 nitrogen and oxygen atoms in total. The molecule has 6 rings (SSSR count). The molecule has 1 aliphatic rings. The van der Waals surface area contributed by atoms with Gasteiger partial charge in [-0.15, -0.1) is 0 Å². The van der Waals surface area contributed by atoms with Crippen molar-refractivity contribution in [3.05, 3.63) is 82.6 Å². The van der Waals surface area contributed by atoms with Crippen molar-refractivity contribution < 1.29 is 13.6 Å². The molecule has 1 amide bonds. The van der Waals surface area contributed by atoms with Gasteiger partial charge in [0.15, 0.2) is 11.6 Å². The molecule has 10 heteroatoms. The number of pyridine rings is 1. The van der Waals surface area contributed by atoms with E-state index in [0.717, 1.165) is 10.2 Å². The first kappa shape index (κ1) is 18.9. The maximum absolute atomic E-state index is 13.5. The van der Waals surface area contributed by atoms with Crippen molar-refractivity contribution in [2.45, 2.75) is 12.5 Å². The molecule has 0 radical (unpaired) electrons. The zero-order valence-corrected chi connectivity index (χ0v) is 18.1. The summed E-state index contributed by atoms with van der Waals surface area (Å²) in [7, 11) is 0. The van der Waals surface area contributed by atoms with E-state index in [1.54, 1.807) is 29.6 Å². The molecule has 1 aromatic carbocycles. The number of hydrogen-bond donors (Lipinski definition) is 1. The molecule has 5 aromatic rings. The number of oxazole rings is 2. The number of benzene rings is 1. The Labute approximate surface area is 189 Å². The first-order valence-corrected chi connectivity index (χ1v) is 10.7. The number of nitrogens with one attached hydrogen (secondary N) is 1. The van der Waals surface area contributed by atoms with E-state index in [1.807, 2.05) is 24.3 Å². The number of aromatic amines is 1. The summed E-state index contributed by atoms with van der Waals surface area (Å²) in [4.78, 5) is 35.9. The number of H-pyrrole nitrogens is 1. The summed E-state index contributed by atoms with van der Waals surface area (Å²) in [5.74, 6) is 0.480. The van der Waals surface area contributed by atoms with Gasteiger partial charge in [-0.05, 0) is 30.3 Å². The summed E-state index contributed by atoms with van der Waals surface area (Å²) < 4.78 is 12.7. The Kier molecular flexibility index (Phi) is 4.39. The average Bonchev–Trinajstić information content (AvgIpc) is 3.57. The molecule has 0 fully saturated rings. The summed E-state index contributed by atoms with van der Waals surface area (Å²) in [6.45, 7) is 0.445. The van der Waals surface area contributed by atoms with Crippen molar-refractivity contribution in [2.75, 3.05) is 6.54 Å². The molecular weight excluding hydrogens is 476 g/mol. The van der Waals surface area contributed by atoms with Crippen molar-refractivity contribution in [3.8, 4) is 11.6 Å².